The highest BCUT2D eigenvalue weighted by Gasteiger charge is 2.14. The first-order valence-electron chi connectivity index (χ1n) is 8.59. The molecule has 4 heteroatoms. The van der Waals surface area contributed by atoms with Crippen molar-refractivity contribution in [2.24, 2.45) is 0 Å². The normalized spacial score (nSPS) is 21.9. The van der Waals surface area contributed by atoms with Gasteiger partial charge in [0.05, 0.1) is 13.2 Å². The molecule has 1 heterocycles. The molecule has 0 aromatic rings. The Labute approximate surface area is 138 Å². The average molecular weight is 318 g/mol. The van der Waals surface area contributed by atoms with Crippen LogP contribution < -0.4 is 0 Å². The van der Waals surface area contributed by atoms with E-state index in [0.29, 0.717) is 12.2 Å². The number of hydrogen-bond donors (Lipinski definition) is 0. The zero-order valence-electron chi connectivity index (χ0n) is 13.9. The Kier molecular flexibility index (Phi) is 7.92. The highest BCUT2D eigenvalue weighted by atomic mass is 16.7. The van der Waals surface area contributed by atoms with Gasteiger partial charge in [-0.1, -0.05) is 17.9 Å². The third-order valence-corrected chi connectivity index (χ3v) is 3.82. The van der Waals surface area contributed by atoms with Crippen molar-refractivity contribution < 1.29 is 19.0 Å². The summed E-state index contributed by atoms with van der Waals surface area (Å²) in [6, 6.07) is 0. The van der Waals surface area contributed by atoms with Crippen LogP contribution in [0.1, 0.15) is 51.9 Å². The van der Waals surface area contributed by atoms with Crippen LogP contribution in [0.5, 0.6) is 0 Å². The minimum atomic E-state index is -0.373. The molecule has 2 aliphatic rings. The highest BCUT2D eigenvalue weighted by Crippen LogP contribution is 2.17. The van der Waals surface area contributed by atoms with Crippen molar-refractivity contribution >= 4 is 5.97 Å². The molecule has 1 atom stereocenters. The first-order valence-corrected chi connectivity index (χ1v) is 8.59. The zero-order valence-corrected chi connectivity index (χ0v) is 13.9. The summed E-state index contributed by atoms with van der Waals surface area (Å²) in [4.78, 5) is 11.7. The Morgan fingerprint density at radius 1 is 1.39 bits per heavy atom. The van der Waals surface area contributed by atoms with E-state index in [-0.39, 0.29) is 18.9 Å². The Hall–Kier alpha value is -1.57. The molecule has 1 aliphatic carbocycles. The van der Waals surface area contributed by atoms with E-state index in [0.717, 1.165) is 44.3 Å². The fraction of sp³-hybridized carbons (Fsp3) is 0.632. The van der Waals surface area contributed by atoms with E-state index >= 15 is 0 Å². The smallest absolute Gasteiger partial charge is 0.331 e. The largest absolute Gasteiger partial charge is 0.463 e. The predicted molar refractivity (Wildman–Crippen MR) is 88.6 cm³/mol. The van der Waals surface area contributed by atoms with Gasteiger partial charge in [-0.3, -0.25) is 0 Å². The standard InChI is InChI=1S/C19H26O4/c1-2-21-18(20)14-17(12-11-16-8-4-3-5-9-16)15-23-19-10-6-7-13-22-19/h8,14,19H,2-7,9-10,13,15H2,1H3/b17-14-. The maximum atomic E-state index is 11.7. The molecule has 1 saturated heterocycles. The van der Waals surface area contributed by atoms with Crippen LogP contribution in [0.2, 0.25) is 0 Å². The Balaban J connectivity index is 1.97. The Morgan fingerprint density at radius 3 is 3.00 bits per heavy atom. The summed E-state index contributed by atoms with van der Waals surface area (Å²) < 4.78 is 16.3. The summed E-state index contributed by atoms with van der Waals surface area (Å²) in [5.74, 6) is 5.88. The van der Waals surface area contributed by atoms with Crippen LogP contribution in [-0.4, -0.2) is 32.1 Å². The molecule has 0 aromatic heterocycles. The van der Waals surface area contributed by atoms with Gasteiger partial charge in [0.1, 0.15) is 0 Å². The molecule has 0 saturated carbocycles. The number of carbonyl (C=O) groups excluding carboxylic acids is 1. The number of allylic oxidation sites excluding steroid dienone is 2. The molecule has 0 spiro atoms. The number of esters is 1. The van der Waals surface area contributed by atoms with Gasteiger partial charge in [-0.15, -0.1) is 0 Å². The third kappa shape index (κ3) is 7.02. The van der Waals surface area contributed by atoms with Crippen molar-refractivity contribution in [1.29, 1.82) is 0 Å². The summed E-state index contributed by atoms with van der Waals surface area (Å²) in [5.41, 5.74) is 1.80. The second-order valence-corrected chi connectivity index (χ2v) is 5.75. The molecule has 1 unspecified atom stereocenters. The lowest BCUT2D eigenvalue weighted by atomic mass is 10.00. The molecule has 0 bridgehead atoms. The quantitative estimate of drug-likeness (QED) is 0.442. The van der Waals surface area contributed by atoms with Gasteiger partial charge in [0.15, 0.2) is 6.29 Å². The van der Waals surface area contributed by atoms with Gasteiger partial charge in [-0.05, 0) is 57.4 Å². The van der Waals surface area contributed by atoms with E-state index in [1.54, 1.807) is 6.92 Å². The number of ether oxygens (including phenoxy) is 3. The lowest BCUT2D eigenvalue weighted by molar-refractivity contribution is -0.156. The van der Waals surface area contributed by atoms with Gasteiger partial charge in [-0.25, -0.2) is 4.79 Å². The molecule has 2 rings (SSSR count). The number of carbonyl (C=O) groups is 1. The third-order valence-electron chi connectivity index (χ3n) is 3.82. The minimum Gasteiger partial charge on any atom is -0.463 e. The van der Waals surface area contributed by atoms with Crippen LogP contribution in [0.3, 0.4) is 0 Å². The van der Waals surface area contributed by atoms with Crippen molar-refractivity contribution in [2.75, 3.05) is 19.8 Å². The SMILES string of the molecule is CCOC(=O)/C=C(/C#CC1=CCCCC1)COC1CCCCO1. The fourth-order valence-corrected chi connectivity index (χ4v) is 2.58. The van der Waals surface area contributed by atoms with Crippen LogP contribution in [0.4, 0.5) is 0 Å². The summed E-state index contributed by atoms with van der Waals surface area (Å²) in [6.45, 7) is 3.16. The van der Waals surface area contributed by atoms with E-state index < -0.39 is 0 Å². The second kappa shape index (κ2) is 10.3. The van der Waals surface area contributed by atoms with Crippen molar-refractivity contribution in [3.63, 3.8) is 0 Å². The Morgan fingerprint density at radius 2 is 2.30 bits per heavy atom. The monoisotopic (exact) mass is 318 g/mol. The molecular formula is C19H26O4. The molecule has 23 heavy (non-hydrogen) atoms. The molecule has 0 amide bonds. The Bertz CT molecular complexity index is 501. The zero-order chi connectivity index (χ0) is 16.3. The van der Waals surface area contributed by atoms with E-state index in [4.69, 9.17) is 14.2 Å². The van der Waals surface area contributed by atoms with Crippen LogP contribution >= 0.6 is 0 Å². The van der Waals surface area contributed by atoms with E-state index in [2.05, 4.69) is 17.9 Å². The molecule has 4 nitrogen and oxygen atoms in total. The molecule has 1 fully saturated rings. The van der Waals surface area contributed by atoms with Crippen LogP contribution in [0.15, 0.2) is 23.3 Å². The van der Waals surface area contributed by atoms with E-state index in [1.807, 2.05) is 0 Å². The maximum absolute atomic E-state index is 11.7. The first kappa shape index (κ1) is 17.8. The van der Waals surface area contributed by atoms with Gasteiger partial charge in [-0.2, -0.15) is 0 Å². The molecule has 126 valence electrons. The van der Waals surface area contributed by atoms with Crippen LogP contribution in [0, 0.1) is 11.8 Å². The van der Waals surface area contributed by atoms with Crippen molar-refractivity contribution in [3.8, 4) is 11.8 Å². The predicted octanol–water partition coefficient (Wildman–Crippen LogP) is 3.52. The van der Waals surface area contributed by atoms with Crippen LogP contribution in [0.25, 0.3) is 0 Å². The summed E-state index contributed by atoms with van der Waals surface area (Å²) in [5, 5.41) is 0. The molecule has 1 aliphatic heterocycles. The average Bonchev–Trinajstić information content (AvgIpc) is 2.59. The van der Waals surface area contributed by atoms with E-state index in [1.165, 1.54) is 18.9 Å². The lowest BCUT2D eigenvalue weighted by Gasteiger charge is -2.22. The van der Waals surface area contributed by atoms with Crippen molar-refractivity contribution in [2.45, 2.75) is 58.2 Å². The summed E-state index contributed by atoms with van der Waals surface area (Å²) in [7, 11) is 0. The summed E-state index contributed by atoms with van der Waals surface area (Å²) in [6.07, 6.45) is 11.0. The fourth-order valence-electron chi connectivity index (χ4n) is 2.58. The van der Waals surface area contributed by atoms with Gasteiger partial charge >= 0.3 is 5.97 Å². The topological polar surface area (TPSA) is 44.8 Å². The van der Waals surface area contributed by atoms with Crippen LogP contribution in [-0.2, 0) is 19.0 Å². The highest BCUT2D eigenvalue weighted by molar-refractivity contribution is 5.83. The number of rotatable bonds is 5. The molecular weight excluding hydrogens is 292 g/mol. The molecule has 0 radical (unpaired) electrons. The maximum Gasteiger partial charge on any atom is 0.331 e. The van der Waals surface area contributed by atoms with Gasteiger partial charge in [0, 0.05) is 18.3 Å². The summed E-state index contributed by atoms with van der Waals surface area (Å²) >= 11 is 0. The van der Waals surface area contributed by atoms with Gasteiger partial charge in [0.2, 0.25) is 0 Å². The molecule has 0 aromatic carbocycles. The van der Waals surface area contributed by atoms with E-state index in [9.17, 15) is 4.79 Å². The molecule has 0 N–H and O–H groups in total. The lowest BCUT2D eigenvalue weighted by Crippen LogP contribution is -2.23. The van der Waals surface area contributed by atoms with Crippen molar-refractivity contribution in [3.05, 3.63) is 23.3 Å². The minimum absolute atomic E-state index is 0.190. The van der Waals surface area contributed by atoms with Gasteiger partial charge < -0.3 is 14.2 Å². The second-order valence-electron chi connectivity index (χ2n) is 5.75. The number of hydrogen-bond acceptors (Lipinski definition) is 4. The van der Waals surface area contributed by atoms with Gasteiger partial charge in [0.25, 0.3) is 0 Å². The first-order chi connectivity index (χ1) is 11.3. The van der Waals surface area contributed by atoms with Crippen molar-refractivity contribution in [1.82, 2.24) is 0 Å².